The van der Waals surface area contributed by atoms with E-state index in [-0.39, 0.29) is 11.7 Å². The van der Waals surface area contributed by atoms with E-state index in [1.54, 1.807) is 4.68 Å². The lowest BCUT2D eigenvalue weighted by Gasteiger charge is -2.34. The molecule has 5 nitrogen and oxygen atoms in total. The van der Waals surface area contributed by atoms with E-state index >= 15 is 0 Å². The molecule has 1 aromatic carbocycles. The average molecular weight is 330 g/mol. The normalized spacial score (nSPS) is 15.7. The first-order valence-electron chi connectivity index (χ1n) is 8.37. The van der Waals surface area contributed by atoms with E-state index in [1.165, 1.54) is 12.1 Å². The Hall–Kier alpha value is -2.21. The zero-order valence-corrected chi connectivity index (χ0v) is 14.2. The summed E-state index contributed by atoms with van der Waals surface area (Å²) < 4.78 is 14.8. The predicted molar refractivity (Wildman–Crippen MR) is 90.2 cm³/mol. The van der Waals surface area contributed by atoms with Crippen LogP contribution in [0.5, 0.6) is 0 Å². The molecule has 0 unspecified atom stereocenters. The van der Waals surface area contributed by atoms with Crippen LogP contribution in [0.2, 0.25) is 0 Å². The molecule has 1 amide bonds. The van der Waals surface area contributed by atoms with Gasteiger partial charge in [0.25, 0.3) is 5.91 Å². The van der Waals surface area contributed by atoms with Crippen LogP contribution in [0.15, 0.2) is 30.5 Å². The smallest absolute Gasteiger partial charge is 0.257 e. The summed E-state index contributed by atoms with van der Waals surface area (Å²) in [7, 11) is 0. The maximum atomic E-state index is 13.0. The number of aryl methyl sites for hydroxylation is 2. The van der Waals surface area contributed by atoms with Gasteiger partial charge in [-0.15, -0.1) is 0 Å². The number of halogens is 1. The minimum Gasteiger partial charge on any atom is -0.336 e. The Balaban J connectivity index is 1.57. The first-order valence-corrected chi connectivity index (χ1v) is 8.37. The Morgan fingerprint density at radius 2 is 1.83 bits per heavy atom. The van der Waals surface area contributed by atoms with Gasteiger partial charge in [0.15, 0.2) is 0 Å². The van der Waals surface area contributed by atoms with Gasteiger partial charge < -0.3 is 4.90 Å². The van der Waals surface area contributed by atoms with Gasteiger partial charge in [0, 0.05) is 45.5 Å². The second-order valence-corrected chi connectivity index (χ2v) is 6.18. The van der Waals surface area contributed by atoms with Crippen LogP contribution in [0.3, 0.4) is 0 Å². The molecule has 0 radical (unpaired) electrons. The lowest BCUT2D eigenvalue weighted by Crippen LogP contribution is -2.48. The third kappa shape index (κ3) is 3.64. The molecule has 1 fully saturated rings. The van der Waals surface area contributed by atoms with Crippen LogP contribution < -0.4 is 0 Å². The van der Waals surface area contributed by atoms with Crippen molar-refractivity contribution < 1.29 is 9.18 Å². The molecule has 3 rings (SSSR count). The van der Waals surface area contributed by atoms with Crippen molar-refractivity contribution in [3.63, 3.8) is 0 Å². The summed E-state index contributed by atoms with van der Waals surface area (Å²) in [6, 6.07) is 6.61. The van der Waals surface area contributed by atoms with Gasteiger partial charge in [-0.3, -0.25) is 14.4 Å². The summed E-state index contributed by atoms with van der Waals surface area (Å²) in [6.07, 6.45) is 1.84. The highest BCUT2D eigenvalue weighted by molar-refractivity contribution is 5.95. The lowest BCUT2D eigenvalue weighted by molar-refractivity contribution is 0.0627. The summed E-state index contributed by atoms with van der Waals surface area (Å²) in [6.45, 7) is 8.50. The molecule has 128 valence electrons. The summed E-state index contributed by atoms with van der Waals surface area (Å²) in [5.74, 6) is -0.147. The number of rotatable bonds is 4. The number of carbonyl (C=O) groups excluding carboxylic acids is 1. The van der Waals surface area contributed by atoms with E-state index in [2.05, 4.69) is 10.00 Å². The molecule has 0 atom stereocenters. The summed E-state index contributed by atoms with van der Waals surface area (Å²) in [5.41, 5.74) is 2.58. The highest BCUT2D eigenvalue weighted by Gasteiger charge is 2.24. The Morgan fingerprint density at radius 1 is 1.17 bits per heavy atom. The Bertz CT molecular complexity index is 702. The predicted octanol–water partition coefficient (Wildman–Crippen LogP) is 2.31. The van der Waals surface area contributed by atoms with Crippen molar-refractivity contribution in [3.8, 4) is 0 Å². The molecule has 0 bridgehead atoms. The quantitative estimate of drug-likeness (QED) is 0.864. The SMILES string of the molecule is CCn1cc(C(=O)N2CCN(Cc3ccc(F)cc3)CC2)c(C)n1. The molecule has 2 aromatic rings. The van der Waals surface area contributed by atoms with Crippen molar-refractivity contribution in [1.82, 2.24) is 19.6 Å². The number of hydrogen-bond acceptors (Lipinski definition) is 3. The van der Waals surface area contributed by atoms with Gasteiger partial charge in [-0.2, -0.15) is 5.10 Å². The van der Waals surface area contributed by atoms with Crippen molar-refractivity contribution in [2.75, 3.05) is 26.2 Å². The fourth-order valence-electron chi connectivity index (χ4n) is 3.02. The third-order valence-electron chi connectivity index (χ3n) is 4.48. The van der Waals surface area contributed by atoms with E-state index in [4.69, 9.17) is 0 Å². The Morgan fingerprint density at radius 3 is 2.42 bits per heavy atom. The molecular formula is C18H23FN4O. The van der Waals surface area contributed by atoms with Crippen LogP contribution in [0, 0.1) is 12.7 Å². The highest BCUT2D eigenvalue weighted by atomic mass is 19.1. The van der Waals surface area contributed by atoms with Crippen LogP contribution in [-0.4, -0.2) is 51.7 Å². The van der Waals surface area contributed by atoms with E-state index in [0.717, 1.165) is 37.4 Å². The number of amides is 1. The highest BCUT2D eigenvalue weighted by Crippen LogP contribution is 2.14. The number of hydrogen-bond donors (Lipinski definition) is 0. The van der Waals surface area contributed by atoms with E-state index in [1.807, 2.05) is 37.1 Å². The van der Waals surface area contributed by atoms with E-state index < -0.39 is 0 Å². The fourth-order valence-corrected chi connectivity index (χ4v) is 3.02. The first-order chi connectivity index (χ1) is 11.6. The van der Waals surface area contributed by atoms with Crippen LogP contribution in [0.25, 0.3) is 0 Å². The van der Waals surface area contributed by atoms with Crippen LogP contribution in [-0.2, 0) is 13.1 Å². The van der Waals surface area contributed by atoms with Gasteiger partial charge in [-0.05, 0) is 31.5 Å². The zero-order chi connectivity index (χ0) is 17.1. The number of piperazine rings is 1. The molecule has 1 aliphatic rings. The standard InChI is InChI=1S/C18H23FN4O/c1-3-23-13-17(14(2)20-23)18(24)22-10-8-21(9-11-22)12-15-4-6-16(19)7-5-15/h4-7,13H,3,8-12H2,1-2H3. The van der Waals surface area contributed by atoms with Gasteiger partial charge in [0.1, 0.15) is 5.82 Å². The van der Waals surface area contributed by atoms with Crippen molar-refractivity contribution in [2.24, 2.45) is 0 Å². The second kappa shape index (κ2) is 7.13. The molecule has 0 aliphatic carbocycles. The monoisotopic (exact) mass is 330 g/mol. The van der Waals surface area contributed by atoms with Crippen molar-refractivity contribution >= 4 is 5.91 Å². The van der Waals surface area contributed by atoms with E-state index in [9.17, 15) is 9.18 Å². The van der Waals surface area contributed by atoms with Gasteiger partial charge in [0.2, 0.25) is 0 Å². The molecule has 24 heavy (non-hydrogen) atoms. The first kappa shape index (κ1) is 16.6. The summed E-state index contributed by atoms with van der Waals surface area (Å²) in [5, 5.41) is 4.35. The molecule has 0 saturated carbocycles. The van der Waals surface area contributed by atoms with Gasteiger partial charge >= 0.3 is 0 Å². The number of nitrogens with zero attached hydrogens (tertiary/aromatic N) is 4. The molecule has 2 heterocycles. The van der Waals surface area contributed by atoms with Crippen molar-refractivity contribution in [3.05, 3.63) is 53.1 Å². The Kier molecular flexibility index (Phi) is 4.94. The van der Waals surface area contributed by atoms with Crippen molar-refractivity contribution in [2.45, 2.75) is 26.9 Å². The summed E-state index contributed by atoms with van der Waals surface area (Å²) >= 11 is 0. The molecule has 6 heteroatoms. The zero-order valence-electron chi connectivity index (χ0n) is 14.2. The van der Waals surface area contributed by atoms with Gasteiger partial charge in [-0.1, -0.05) is 12.1 Å². The molecule has 1 saturated heterocycles. The topological polar surface area (TPSA) is 41.4 Å². The maximum absolute atomic E-state index is 13.0. The van der Waals surface area contributed by atoms with Crippen LogP contribution >= 0.6 is 0 Å². The number of benzene rings is 1. The molecule has 0 N–H and O–H groups in total. The second-order valence-electron chi connectivity index (χ2n) is 6.18. The van der Waals surface area contributed by atoms with Crippen LogP contribution in [0.1, 0.15) is 28.5 Å². The Labute approximate surface area is 141 Å². The maximum Gasteiger partial charge on any atom is 0.257 e. The number of aromatic nitrogens is 2. The lowest BCUT2D eigenvalue weighted by atomic mass is 10.1. The average Bonchev–Trinajstić information content (AvgIpc) is 2.98. The molecule has 0 spiro atoms. The molecule has 1 aliphatic heterocycles. The largest absolute Gasteiger partial charge is 0.336 e. The minimum absolute atomic E-state index is 0.0635. The minimum atomic E-state index is -0.211. The van der Waals surface area contributed by atoms with Crippen molar-refractivity contribution in [1.29, 1.82) is 0 Å². The third-order valence-corrected chi connectivity index (χ3v) is 4.48. The molecule has 1 aromatic heterocycles. The fraction of sp³-hybridized carbons (Fsp3) is 0.444. The van der Waals surface area contributed by atoms with Gasteiger partial charge in [-0.25, -0.2) is 4.39 Å². The van der Waals surface area contributed by atoms with E-state index in [0.29, 0.717) is 18.7 Å². The van der Waals surface area contributed by atoms with Crippen LogP contribution in [0.4, 0.5) is 4.39 Å². The summed E-state index contributed by atoms with van der Waals surface area (Å²) in [4.78, 5) is 16.8. The molecular weight excluding hydrogens is 307 g/mol. The number of carbonyl (C=O) groups is 1. The van der Waals surface area contributed by atoms with Gasteiger partial charge in [0.05, 0.1) is 11.3 Å².